The third kappa shape index (κ3) is 3.88. The summed E-state index contributed by atoms with van der Waals surface area (Å²) >= 11 is 3.23. The van der Waals surface area contributed by atoms with Crippen molar-refractivity contribution in [3.05, 3.63) is 0 Å². The topological polar surface area (TPSA) is 26.3 Å². The number of esters is 1. The summed E-state index contributed by atoms with van der Waals surface area (Å²) in [7, 11) is 0. The molecule has 10 heavy (non-hydrogen) atoms. The molecule has 0 fully saturated rings. The van der Waals surface area contributed by atoms with E-state index in [4.69, 9.17) is 4.74 Å². The third-order valence-corrected chi connectivity index (χ3v) is 1.92. The van der Waals surface area contributed by atoms with Gasteiger partial charge in [-0.2, -0.15) is 0 Å². The standard InChI is InChI=1S/C7H13BrO2/c1-3-5-6(8)7(9)10-4-2/h6H,3-5H2,1-2H3/t6-/m1/s1. The van der Waals surface area contributed by atoms with Crippen LogP contribution in [-0.4, -0.2) is 17.4 Å². The summed E-state index contributed by atoms with van der Waals surface area (Å²) in [6.45, 7) is 4.31. The number of halogens is 1. The van der Waals surface area contributed by atoms with Gasteiger partial charge in [0.2, 0.25) is 0 Å². The van der Waals surface area contributed by atoms with Crippen LogP contribution in [-0.2, 0) is 9.53 Å². The van der Waals surface area contributed by atoms with Crippen LogP contribution in [0.25, 0.3) is 0 Å². The summed E-state index contributed by atoms with van der Waals surface area (Å²) in [5, 5.41) is 0. The van der Waals surface area contributed by atoms with Gasteiger partial charge in [0.05, 0.1) is 6.61 Å². The number of hydrogen-bond acceptors (Lipinski definition) is 2. The van der Waals surface area contributed by atoms with Gasteiger partial charge in [-0.3, -0.25) is 4.79 Å². The molecule has 0 rings (SSSR count). The number of alkyl halides is 1. The summed E-state index contributed by atoms with van der Waals surface area (Å²) < 4.78 is 4.77. The summed E-state index contributed by atoms with van der Waals surface area (Å²) in [6, 6.07) is 0. The molecule has 0 radical (unpaired) electrons. The molecule has 0 aliphatic rings. The zero-order valence-corrected chi connectivity index (χ0v) is 7.98. The lowest BCUT2D eigenvalue weighted by Gasteiger charge is -2.05. The van der Waals surface area contributed by atoms with Gasteiger partial charge in [-0.25, -0.2) is 0 Å². The first-order valence-corrected chi connectivity index (χ1v) is 4.44. The SMILES string of the molecule is CCC[C@@H](Br)C(=O)OCC. The Kier molecular flexibility index (Phi) is 5.69. The maximum absolute atomic E-state index is 10.9. The van der Waals surface area contributed by atoms with Crippen LogP contribution in [0.4, 0.5) is 0 Å². The van der Waals surface area contributed by atoms with Crippen LogP contribution in [0, 0.1) is 0 Å². The first-order chi connectivity index (χ1) is 4.72. The highest BCUT2D eigenvalue weighted by Crippen LogP contribution is 2.09. The molecule has 3 heteroatoms. The highest BCUT2D eigenvalue weighted by Gasteiger charge is 2.13. The molecule has 0 heterocycles. The van der Waals surface area contributed by atoms with Crippen molar-refractivity contribution < 1.29 is 9.53 Å². The van der Waals surface area contributed by atoms with Crippen molar-refractivity contribution in [3.8, 4) is 0 Å². The van der Waals surface area contributed by atoms with Crippen LogP contribution >= 0.6 is 15.9 Å². The molecule has 60 valence electrons. The Labute approximate surface area is 70.1 Å². The molecule has 1 atom stereocenters. The Balaban J connectivity index is 3.49. The number of carbonyl (C=O) groups excluding carboxylic acids is 1. The van der Waals surface area contributed by atoms with Gasteiger partial charge in [0.1, 0.15) is 4.83 Å². The average molecular weight is 209 g/mol. The molecule has 0 unspecified atom stereocenters. The first kappa shape index (κ1) is 9.95. The molecule has 0 aliphatic carbocycles. The van der Waals surface area contributed by atoms with Gasteiger partial charge in [0, 0.05) is 0 Å². The molecule has 0 saturated carbocycles. The van der Waals surface area contributed by atoms with Crippen molar-refractivity contribution in [3.63, 3.8) is 0 Å². The molecule has 0 aromatic rings. The molecule has 0 N–H and O–H groups in total. The van der Waals surface area contributed by atoms with Crippen molar-refractivity contribution in [2.45, 2.75) is 31.5 Å². The van der Waals surface area contributed by atoms with Crippen molar-refractivity contribution in [1.82, 2.24) is 0 Å². The smallest absolute Gasteiger partial charge is 0.319 e. The van der Waals surface area contributed by atoms with E-state index in [1.54, 1.807) is 0 Å². The van der Waals surface area contributed by atoms with Crippen molar-refractivity contribution in [2.24, 2.45) is 0 Å². The van der Waals surface area contributed by atoms with Crippen LogP contribution in [0.3, 0.4) is 0 Å². The largest absolute Gasteiger partial charge is 0.465 e. The minimum absolute atomic E-state index is 0.113. The van der Waals surface area contributed by atoms with E-state index in [-0.39, 0.29) is 10.8 Å². The van der Waals surface area contributed by atoms with Crippen molar-refractivity contribution in [2.75, 3.05) is 6.61 Å². The van der Waals surface area contributed by atoms with Crippen LogP contribution in [0.1, 0.15) is 26.7 Å². The summed E-state index contributed by atoms with van der Waals surface area (Å²) in [4.78, 5) is 10.8. The molecule has 2 nitrogen and oxygen atoms in total. The van der Waals surface area contributed by atoms with Crippen LogP contribution in [0.5, 0.6) is 0 Å². The maximum Gasteiger partial charge on any atom is 0.319 e. The highest BCUT2D eigenvalue weighted by molar-refractivity contribution is 9.10. The van der Waals surface area contributed by atoms with E-state index in [9.17, 15) is 4.79 Å². The van der Waals surface area contributed by atoms with Crippen molar-refractivity contribution in [1.29, 1.82) is 0 Å². The minimum atomic E-state index is -0.149. The Morgan fingerprint density at radius 3 is 2.60 bits per heavy atom. The Bertz CT molecular complexity index is 104. The minimum Gasteiger partial charge on any atom is -0.465 e. The normalized spacial score (nSPS) is 12.7. The molecule has 0 aromatic carbocycles. The molecule has 0 amide bonds. The van der Waals surface area contributed by atoms with Crippen LogP contribution in [0.2, 0.25) is 0 Å². The lowest BCUT2D eigenvalue weighted by Crippen LogP contribution is -2.16. The lowest BCUT2D eigenvalue weighted by atomic mass is 10.2. The van der Waals surface area contributed by atoms with Crippen LogP contribution in [0.15, 0.2) is 0 Å². The van der Waals surface area contributed by atoms with Crippen LogP contribution < -0.4 is 0 Å². The number of rotatable bonds is 4. The van der Waals surface area contributed by atoms with Gasteiger partial charge in [-0.15, -0.1) is 0 Å². The number of ether oxygens (including phenoxy) is 1. The fraction of sp³-hybridized carbons (Fsp3) is 0.857. The zero-order valence-electron chi connectivity index (χ0n) is 6.39. The molecule has 0 bridgehead atoms. The Hall–Kier alpha value is -0.0500. The molecule has 0 spiro atoms. The summed E-state index contributed by atoms with van der Waals surface area (Å²) in [5.74, 6) is -0.149. The molecular formula is C7H13BrO2. The van der Waals surface area contributed by atoms with E-state index in [1.807, 2.05) is 13.8 Å². The van der Waals surface area contributed by atoms with Gasteiger partial charge in [-0.1, -0.05) is 29.3 Å². The van der Waals surface area contributed by atoms with E-state index in [0.717, 1.165) is 12.8 Å². The van der Waals surface area contributed by atoms with Gasteiger partial charge in [-0.05, 0) is 13.3 Å². The van der Waals surface area contributed by atoms with Gasteiger partial charge in [0.25, 0.3) is 0 Å². The third-order valence-electron chi connectivity index (χ3n) is 1.08. The Morgan fingerprint density at radius 1 is 1.60 bits per heavy atom. The summed E-state index contributed by atoms with van der Waals surface area (Å²) in [5.41, 5.74) is 0. The predicted octanol–water partition coefficient (Wildman–Crippen LogP) is 2.11. The van der Waals surface area contributed by atoms with E-state index in [1.165, 1.54) is 0 Å². The molecular weight excluding hydrogens is 196 g/mol. The first-order valence-electron chi connectivity index (χ1n) is 3.53. The van der Waals surface area contributed by atoms with E-state index in [2.05, 4.69) is 15.9 Å². The highest BCUT2D eigenvalue weighted by atomic mass is 79.9. The Morgan fingerprint density at radius 2 is 2.20 bits per heavy atom. The lowest BCUT2D eigenvalue weighted by molar-refractivity contribution is -0.142. The van der Waals surface area contributed by atoms with Gasteiger partial charge >= 0.3 is 5.97 Å². The van der Waals surface area contributed by atoms with Crippen molar-refractivity contribution >= 4 is 21.9 Å². The zero-order chi connectivity index (χ0) is 7.98. The second-order valence-electron chi connectivity index (χ2n) is 2.01. The second kappa shape index (κ2) is 5.71. The van der Waals surface area contributed by atoms with Gasteiger partial charge in [0.15, 0.2) is 0 Å². The second-order valence-corrected chi connectivity index (χ2v) is 3.11. The van der Waals surface area contributed by atoms with E-state index in [0.29, 0.717) is 6.61 Å². The van der Waals surface area contributed by atoms with Gasteiger partial charge < -0.3 is 4.74 Å². The van der Waals surface area contributed by atoms with E-state index < -0.39 is 0 Å². The number of hydrogen-bond donors (Lipinski definition) is 0. The average Bonchev–Trinajstić information content (AvgIpc) is 1.89. The fourth-order valence-corrected chi connectivity index (χ4v) is 1.19. The maximum atomic E-state index is 10.9. The molecule has 0 aromatic heterocycles. The fourth-order valence-electron chi connectivity index (χ4n) is 0.604. The quantitative estimate of drug-likeness (QED) is 0.523. The van der Waals surface area contributed by atoms with E-state index >= 15 is 0 Å². The molecule has 0 aliphatic heterocycles. The number of carbonyl (C=O) groups is 1. The monoisotopic (exact) mass is 208 g/mol. The summed E-state index contributed by atoms with van der Waals surface area (Å²) in [6.07, 6.45) is 1.84. The molecule has 0 saturated heterocycles. The predicted molar refractivity (Wildman–Crippen MR) is 44.3 cm³/mol.